The number of nitrogens with one attached hydrogen (secondary N) is 1. The summed E-state index contributed by atoms with van der Waals surface area (Å²) in [5.74, 6) is -0.495. The molecule has 0 aliphatic rings. The van der Waals surface area contributed by atoms with E-state index in [0.29, 0.717) is 5.56 Å². The van der Waals surface area contributed by atoms with E-state index in [2.05, 4.69) is 10.5 Å². The summed E-state index contributed by atoms with van der Waals surface area (Å²) in [5.41, 5.74) is 3.82. The van der Waals surface area contributed by atoms with E-state index < -0.39 is 10.8 Å². The second-order valence-electron chi connectivity index (χ2n) is 4.73. The maximum atomic E-state index is 12.0. The molecule has 0 unspecified atom stereocenters. The molecule has 0 spiro atoms. The molecule has 2 aromatic rings. The molecule has 0 saturated heterocycles. The Morgan fingerprint density at radius 3 is 2.57 bits per heavy atom. The Labute approximate surface area is 137 Å². The number of amides is 1. The van der Waals surface area contributed by atoms with E-state index >= 15 is 0 Å². The number of hydrogen-bond acceptors (Lipinski definition) is 5. The fourth-order valence-corrected chi connectivity index (χ4v) is 2.28. The highest BCUT2D eigenvalue weighted by Crippen LogP contribution is 2.19. The van der Waals surface area contributed by atoms with Crippen LogP contribution in [-0.4, -0.2) is 23.3 Å². The number of aryl methyl sites for hydroxylation is 1. The van der Waals surface area contributed by atoms with E-state index in [-0.39, 0.29) is 11.3 Å². The van der Waals surface area contributed by atoms with Gasteiger partial charge in [-0.1, -0.05) is 18.2 Å². The molecule has 118 valence electrons. The zero-order valence-electron chi connectivity index (χ0n) is 12.6. The zero-order valence-corrected chi connectivity index (χ0v) is 13.5. The fraction of sp³-hybridized carbons (Fsp3) is 0.125. The third kappa shape index (κ3) is 4.40. The number of nitro benzene ring substituents is 1. The lowest BCUT2D eigenvalue weighted by Crippen LogP contribution is -2.17. The van der Waals surface area contributed by atoms with Gasteiger partial charge in [-0.15, -0.1) is 11.8 Å². The Morgan fingerprint density at radius 1 is 1.26 bits per heavy atom. The van der Waals surface area contributed by atoms with Gasteiger partial charge < -0.3 is 0 Å². The Bertz CT molecular complexity index is 758. The first-order chi connectivity index (χ1) is 11.0. The smallest absolute Gasteiger partial charge is 0.267 e. The number of carbonyl (C=O) groups excluding carboxylic acids is 1. The van der Waals surface area contributed by atoms with Crippen molar-refractivity contribution >= 4 is 29.6 Å². The van der Waals surface area contributed by atoms with Crippen molar-refractivity contribution in [2.75, 3.05) is 6.26 Å². The molecular weight excluding hydrogens is 314 g/mol. The Morgan fingerprint density at radius 2 is 1.96 bits per heavy atom. The van der Waals surface area contributed by atoms with E-state index in [9.17, 15) is 14.9 Å². The van der Waals surface area contributed by atoms with Crippen LogP contribution in [0, 0.1) is 17.0 Å². The van der Waals surface area contributed by atoms with E-state index in [1.165, 1.54) is 24.4 Å². The summed E-state index contributed by atoms with van der Waals surface area (Å²) in [5, 5.41) is 14.8. The van der Waals surface area contributed by atoms with Crippen molar-refractivity contribution in [3.8, 4) is 0 Å². The molecule has 0 fully saturated rings. The predicted octanol–water partition coefficient (Wildman–Crippen LogP) is 3.39. The van der Waals surface area contributed by atoms with Gasteiger partial charge in [0, 0.05) is 22.1 Å². The van der Waals surface area contributed by atoms with Crippen LogP contribution in [0.25, 0.3) is 0 Å². The Balaban J connectivity index is 2.05. The van der Waals surface area contributed by atoms with Gasteiger partial charge in [0.15, 0.2) is 0 Å². The van der Waals surface area contributed by atoms with Gasteiger partial charge in [0.2, 0.25) is 0 Å². The number of nitrogens with zero attached hydrogens (tertiary/aromatic N) is 2. The quantitative estimate of drug-likeness (QED) is 0.394. The number of nitro groups is 1. The molecule has 0 atom stereocenters. The molecule has 2 rings (SSSR count). The molecule has 0 radical (unpaired) electrons. The van der Waals surface area contributed by atoms with Crippen molar-refractivity contribution in [1.82, 2.24) is 5.43 Å². The topological polar surface area (TPSA) is 84.6 Å². The summed E-state index contributed by atoms with van der Waals surface area (Å²) in [6.07, 6.45) is 3.51. The number of carbonyl (C=O) groups is 1. The van der Waals surface area contributed by atoms with Crippen LogP contribution >= 0.6 is 11.8 Å². The molecule has 1 amide bonds. The molecule has 6 nitrogen and oxygen atoms in total. The van der Waals surface area contributed by atoms with E-state index in [0.717, 1.165) is 10.5 Å². The van der Waals surface area contributed by atoms with Gasteiger partial charge in [-0.2, -0.15) is 5.10 Å². The molecule has 0 saturated carbocycles. The van der Waals surface area contributed by atoms with Gasteiger partial charge >= 0.3 is 0 Å². The first-order valence-corrected chi connectivity index (χ1v) is 7.96. The molecule has 0 aliphatic heterocycles. The van der Waals surface area contributed by atoms with Crippen molar-refractivity contribution in [2.24, 2.45) is 5.10 Å². The summed E-state index contributed by atoms with van der Waals surface area (Å²) in [4.78, 5) is 23.5. The highest BCUT2D eigenvalue weighted by molar-refractivity contribution is 7.98. The SMILES string of the molecule is CSc1ccc(/C=N\NC(=O)c2ccc(C)c([N+](=O)[O-])c2)cc1. The van der Waals surface area contributed by atoms with Gasteiger partial charge in [0.25, 0.3) is 11.6 Å². The first kappa shape index (κ1) is 16.7. The van der Waals surface area contributed by atoms with Crippen LogP contribution in [0.2, 0.25) is 0 Å². The molecule has 1 N–H and O–H groups in total. The minimum Gasteiger partial charge on any atom is -0.267 e. The van der Waals surface area contributed by atoms with Gasteiger partial charge in [-0.05, 0) is 36.9 Å². The summed E-state index contributed by atoms with van der Waals surface area (Å²) in [6.45, 7) is 1.62. The minimum atomic E-state index is -0.511. The second kappa shape index (κ2) is 7.55. The van der Waals surface area contributed by atoms with Crippen molar-refractivity contribution < 1.29 is 9.72 Å². The highest BCUT2D eigenvalue weighted by atomic mass is 32.2. The van der Waals surface area contributed by atoms with Crippen LogP contribution < -0.4 is 5.43 Å². The molecule has 0 aliphatic carbocycles. The largest absolute Gasteiger partial charge is 0.273 e. The zero-order chi connectivity index (χ0) is 16.8. The summed E-state index contributed by atoms with van der Waals surface area (Å²) < 4.78 is 0. The van der Waals surface area contributed by atoms with Crippen LogP contribution in [-0.2, 0) is 0 Å². The average Bonchev–Trinajstić information content (AvgIpc) is 2.55. The van der Waals surface area contributed by atoms with E-state index in [1.54, 1.807) is 18.7 Å². The highest BCUT2D eigenvalue weighted by Gasteiger charge is 2.14. The lowest BCUT2D eigenvalue weighted by Gasteiger charge is -2.02. The minimum absolute atomic E-state index is 0.0886. The van der Waals surface area contributed by atoms with Gasteiger partial charge in [-0.25, -0.2) is 5.43 Å². The summed E-state index contributed by atoms with van der Waals surface area (Å²) in [6, 6.07) is 12.0. The Kier molecular flexibility index (Phi) is 5.48. The maximum Gasteiger partial charge on any atom is 0.273 e. The van der Waals surface area contributed by atoms with Crippen LogP contribution in [0.3, 0.4) is 0 Å². The molecule has 23 heavy (non-hydrogen) atoms. The fourth-order valence-electron chi connectivity index (χ4n) is 1.87. The van der Waals surface area contributed by atoms with Gasteiger partial charge in [0.05, 0.1) is 11.1 Å². The maximum absolute atomic E-state index is 12.0. The van der Waals surface area contributed by atoms with Gasteiger partial charge in [0.1, 0.15) is 0 Å². The average molecular weight is 329 g/mol. The first-order valence-electron chi connectivity index (χ1n) is 6.74. The molecule has 2 aromatic carbocycles. The van der Waals surface area contributed by atoms with Gasteiger partial charge in [-0.3, -0.25) is 14.9 Å². The van der Waals surface area contributed by atoms with Crippen molar-refractivity contribution in [3.63, 3.8) is 0 Å². The summed E-state index contributed by atoms with van der Waals surface area (Å²) in [7, 11) is 0. The third-order valence-electron chi connectivity index (χ3n) is 3.16. The Hall–Kier alpha value is -2.67. The predicted molar refractivity (Wildman–Crippen MR) is 91.1 cm³/mol. The van der Waals surface area contributed by atoms with Crippen molar-refractivity contribution in [2.45, 2.75) is 11.8 Å². The number of benzene rings is 2. The van der Waals surface area contributed by atoms with E-state index in [4.69, 9.17) is 0 Å². The molecule has 0 aromatic heterocycles. The number of hydrogen-bond donors (Lipinski definition) is 1. The summed E-state index contributed by atoms with van der Waals surface area (Å²) >= 11 is 1.64. The number of thioether (sulfide) groups is 1. The monoisotopic (exact) mass is 329 g/mol. The number of rotatable bonds is 5. The molecule has 7 heteroatoms. The van der Waals surface area contributed by atoms with Crippen molar-refractivity contribution in [1.29, 1.82) is 0 Å². The lowest BCUT2D eigenvalue weighted by molar-refractivity contribution is -0.385. The normalized spacial score (nSPS) is 10.7. The van der Waals surface area contributed by atoms with Crippen molar-refractivity contribution in [3.05, 3.63) is 69.3 Å². The van der Waals surface area contributed by atoms with Crippen LogP contribution in [0.15, 0.2) is 52.5 Å². The molecule has 0 bridgehead atoms. The number of hydrazone groups is 1. The standard InChI is InChI=1S/C16H15N3O3S/c1-11-3-6-13(9-15(11)19(21)22)16(20)18-17-10-12-4-7-14(23-2)8-5-12/h3-10H,1-2H3,(H,18,20)/b17-10-. The molecular formula is C16H15N3O3S. The second-order valence-corrected chi connectivity index (χ2v) is 5.61. The van der Waals surface area contributed by atoms with Crippen LogP contribution in [0.4, 0.5) is 5.69 Å². The lowest BCUT2D eigenvalue weighted by atomic mass is 10.1. The third-order valence-corrected chi connectivity index (χ3v) is 3.91. The van der Waals surface area contributed by atoms with E-state index in [1.807, 2.05) is 30.5 Å². The molecule has 0 heterocycles. The van der Waals surface area contributed by atoms with Crippen LogP contribution in [0.1, 0.15) is 21.5 Å². The van der Waals surface area contributed by atoms with Crippen LogP contribution in [0.5, 0.6) is 0 Å².